The quantitative estimate of drug-likeness (QED) is 0.839. The van der Waals surface area contributed by atoms with Crippen LogP contribution in [0.2, 0.25) is 5.02 Å². The van der Waals surface area contributed by atoms with Crippen LogP contribution in [0.5, 0.6) is 0 Å². The van der Waals surface area contributed by atoms with Gasteiger partial charge in [0.25, 0.3) is 0 Å². The first-order chi connectivity index (χ1) is 9.69. The van der Waals surface area contributed by atoms with E-state index in [-0.39, 0.29) is 24.5 Å². The summed E-state index contributed by atoms with van der Waals surface area (Å²) >= 11 is 5.83. The summed E-state index contributed by atoms with van der Waals surface area (Å²) < 4.78 is 0. The summed E-state index contributed by atoms with van der Waals surface area (Å²) in [6, 6.07) is 7.46. The topological polar surface area (TPSA) is 49.3 Å². The monoisotopic (exact) mass is 295 g/mol. The van der Waals surface area contributed by atoms with Crippen LogP contribution in [-0.4, -0.2) is 23.7 Å². The summed E-state index contributed by atoms with van der Waals surface area (Å²) in [5, 5.41) is 13.2. The molecule has 1 amide bonds. The molecular formula is C16H22ClNO2. The average molecular weight is 296 g/mol. The zero-order valence-corrected chi connectivity index (χ0v) is 12.4. The SMILES string of the molecule is O=C(Cc1ccc(Cl)cc1)NC1CCCCCC1CO. The Balaban J connectivity index is 1.90. The molecule has 2 unspecified atom stereocenters. The second-order valence-electron chi connectivity index (χ2n) is 5.56. The predicted molar refractivity (Wildman–Crippen MR) is 80.7 cm³/mol. The molecule has 0 radical (unpaired) electrons. The highest BCUT2D eigenvalue weighted by atomic mass is 35.5. The lowest BCUT2D eigenvalue weighted by atomic mass is 9.95. The zero-order valence-electron chi connectivity index (χ0n) is 11.6. The number of rotatable bonds is 4. The molecule has 0 aromatic heterocycles. The summed E-state index contributed by atoms with van der Waals surface area (Å²) in [5.74, 6) is 0.226. The van der Waals surface area contributed by atoms with Gasteiger partial charge in [0, 0.05) is 23.6 Å². The molecule has 4 heteroatoms. The fraction of sp³-hybridized carbons (Fsp3) is 0.562. The van der Waals surface area contributed by atoms with Crippen molar-refractivity contribution in [2.24, 2.45) is 5.92 Å². The van der Waals surface area contributed by atoms with Gasteiger partial charge >= 0.3 is 0 Å². The number of aliphatic hydroxyl groups excluding tert-OH is 1. The van der Waals surface area contributed by atoms with Crippen molar-refractivity contribution in [2.45, 2.75) is 44.6 Å². The Labute approximate surface area is 125 Å². The Bertz CT molecular complexity index is 433. The molecule has 1 aromatic carbocycles. The van der Waals surface area contributed by atoms with Gasteiger partial charge in [-0.05, 0) is 30.5 Å². The average Bonchev–Trinajstić information content (AvgIpc) is 2.66. The van der Waals surface area contributed by atoms with Crippen LogP contribution in [0.4, 0.5) is 0 Å². The molecule has 110 valence electrons. The maximum atomic E-state index is 12.1. The lowest BCUT2D eigenvalue weighted by molar-refractivity contribution is -0.121. The molecule has 0 spiro atoms. The first-order valence-corrected chi connectivity index (χ1v) is 7.71. The molecule has 0 heterocycles. The first kappa shape index (κ1) is 15.3. The molecule has 1 aromatic rings. The number of aliphatic hydroxyl groups is 1. The summed E-state index contributed by atoms with van der Waals surface area (Å²) in [6.07, 6.45) is 5.81. The third kappa shape index (κ3) is 4.50. The van der Waals surface area contributed by atoms with E-state index in [1.54, 1.807) is 12.1 Å². The Morgan fingerprint density at radius 3 is 2.60 bits per heavy atom. The molecule has 3 nitrogen and oxygen atoms in total. The summed E-state index contributed by atoms with van der Waals surface area (Å²) in [5.41, 5.74) is 0.959. The van der Waals surface area contributed by atoms with E-state index in [9.17, 15) is 9.90 Å². The van der Waals surface area contributed by atoms with Crippen LogP contribution < -0.4 is 5.32 Å². The van der Waals surface area contributed by atoms with Gasteiger partial charge in [-0.1, -0.05) is 43.0 Å². The smallest absolute Gasteiger partial charge is 0.224 e. The van der Waals surface area contributed by atoms with Crippen molar-refractivity contribution in [3.05, 3.63) is 34.9 Å². The third-order valence-corrected chi connectivity index (χ3v) is 4.27. The highest BCUT2D eigenvalue weighted by molar-refractivity contribution is 6.30. The molecule has 2 atom stereocenters. The van der Waals surface area contributed by atoms with Crippen molar-refractivity contribution in [1.29, 1.82) is 0 Å². The van der Waals surface area contributed by atoms with E-state index in [4.69, 9.17) is 11.6 Å². The van der Waals surface area contributed by atoms with Crippen molar-refractivity contribution in [3.8, 4) is 0 Å². The number of benzene rings is 1. The number of hydrogen-bond acceptors (Lipinski definition) is 2. The number of halogens is 1. The van der Waals surface area contributed by atoms with E-state index >= 15 is 0 Å². The Morgan fingerprint density at radius 2 is 1.90 bits per heavy atom. The van der Waals surface area contributed by atoms with Crippen LogP contribution in [-0.2, 0) is 11.2 Å². The lowest BCUT2D eigenvalue weighted by Crippen LogP contribution is -2.41. The van der Waals surface area contributed by atoms with Crippen LogP contribution in [0.15, 0.2) is 24.3 Å². The Kier molecular flexibility index (Phi) is 5.86. The molecule has 1 saturated carbocycles. The van der Waals surface area contributed by atoms with Gasteiger partial charge in [0.15, 0.2) is 0 Å². The number of amides is 1. The maximum Gasteiger partial charge on any atom is 0.224 e. The fourth-order valence-electron chi connectivity index (χ4n) is 2.84. The normalized spacial score (nSPS) is 23.1. The number of nitrogens with one attached hydrogen (secondary N) is 1. The molecule has 0 aliphatic heterocycles. The highest BCUT2D eigenvalue weighted by Crippen LogP contribution is 2.23. The van der Waals surface area contributed by atoms with Gasteiger partial charge in [0.2, 0.25) is 5.91 Å². The summed E-state index contributed by atoms with van der Waals surface area (Å²) in [7, 11) is 0. The van der Waals surface area contributed by atoms with Crippen LogP contribution in [0.25, 0.3) is 0 Å². The first-order valence-electron chi connectivity index (χ1n) is 7.33. The van der Waals surface area contributed by atoms with Crippen molar-refractivity contribution < 1.29 is 9.90 Å². The standard InChI is InChI=1S/C16H22ClNO2/c17-14-8-6-12(7-9-14)10-16(20)18-15-5-3-1-2-4-13(15)11-19/h6-9,13,15,19H,1-5,10-11H2,(H,18,20). The van der Waals surface area contributed by atoms with Gasteiger partial charge in [-0.25, -0.2) is 0 Å². The molecular weight excluding hydrogens is 274 g/mol. The molecule has 0 bridgehead atoms. The van der Waals surface area contributed by atoms with Gasteiger partial charge in [-0.2, -0.15) is 0 Å². The predicted octanol–water partition coefficient (Wildman–Crippen LogP) is 2.94. The van der Waals surface area contributed by atoms with Crippen molar-refractivity contribution in [1.82, 2.24) is 5.32 Å². The minimum Gasteiger partial charge on any atom is -0.396 e. The van der Waals surface area contributed by atoms with E-state index in [1.807, 2.05) is 12.1 Å². The van der Waals surface area contributed by atoms with E-state index in [0.29, 0.717) is 11.4 Å². The van der Waals surface area contributed by atoms with Crippen LogP contribution in [0.3, 0.4) is 0 Å². The minimum atomic E-state index is 0.0256. The van der Waals surface area contributed by atoms with Crippen LogP contribution >= 0.6 is 11.6 Å². The van der Waals surface area contributed by atoms with Gasteiger partial charge in [0.05, 0.1) is 6.42 Å². The molecule has 1 aliphatic rings. The maximum absolute atomic E-state index is 12.1. The van der Waals surface area contributed by atoms with Crippen molar-refractivity contribution in [3.63, 3.8) is 0 Å². The van der Waals surface area contributed by atoms with Gasteiger partial charge in [-0.3, -0.25) is 4.79 Å². The second kappa shape index (κ2) is 7.65. The van der Waals surface area contributed by atoms with E-state index in [0.717, 1.165) is 31.2 Å². The van der Waals surface area contributed by atoms with Crippen molar-refractivity contribution >= 4 is 17.5 Å². The van der Waals surface area contributed by atoms with E-state index in [2.05, 4.69) is 5.32 Å². The minimum absolute atomic E-state index is 0.0256. The van der Waals surface area contributed by atoms with Crippen molar-refractivity contribution in [2.75, 3.05) is 6.61 Å². The molecule has 0 saturated heterocycles. The molecule has 1 fully saturated rings. The third-order valence-electron chi connectivity index (χ3n) is 4.02. The van der Waals surface area contributed by atoms with Gasteiger partial charge in [-0.15, -0.1) is 0 Å². The lowest BCUT2D eigenvalue weighted by Gasteiger charge is -2.24. The molecule has 2 rings (SSSR count). The number of carbonyl (C=O) groups is 1. The van der Waals surface area contributed by atoms with Crippen LogP contribution in [0, 0.1) is 5.92 Å². The molecule has 20 heavy (non-hydrogen) atoms. The molecule has 1 aliphatic carbocycles. The fourth-order valence-corrected chi connectivity index (χ4v) is 2.96. The van der Waals surface area contributed by atoms with E-state index < -0.39 is 0 Å². The summed E-state index contributed by atoms with van der Waals surface area (Å²) in [6.45, 7) is 0.159. The zero-order chi connectivity index (χ0) is 14.4. The van der Waals surface area contributed by atoms with E-state index in [1.165, 1.54) is 6.42 Å². The summed E-state index contributed by atoms with van der Waals surface area (Å²) in [4.78, 5) is 12.1. The number of hydrogen-bond donors (Lipinski definition) is 2. The Hall–Kier alpha value is -1.06. The highest BCUT2D eigenvalue weighted by Gasteiger charge is 2.24. The van der Waals surface area contributed by atoms with Gasteiger partial charge < -0.3 is 10.4 Å². The second-order valence-corrected chi connectivity index (χ2v) is 5.99. The number of carbonyl (C=O) groups excluding carboxylic acids is 1. The Morgan fingerprint density at radius 1 is 1.20 bits per heavy atom. The van der Waals surface area contributed by atoms with Crippen LogP contribution in [0.1, 0.15) is 37.7 Å². The molecule has 2 N–H and O–H groups in total. The largest absolute Gasteiger partial charge is 0.396 e. The van der Waals surface area contributed by atoms with Gasteiger partial charge in [0.1, 0.15) is 0 Å².